The molecule has 1 atom stereocenters. The minimum absolute atomic E-state index is 0.00126. The Kier molecular flexibility index (Phi) is 6.45. The van der Waals surface area contributed by atoms with E-state index < -0.39 is 17.7 Å². The van der Waals surface area contributed by atoms with Crippen molar-refractivity contribution in [2.45, 2.75) is 45.9 Å². The zero-order valence-electron chi connectivity index (χ0n) is 19.5. The number of anilines is 1. The number of aliphatic hydroxyl groups is 1. The van der Waals surface area contributed by atoms with Crippen molar-refractivity contribution >= 4 is 23.1 Å². The van der Waals surface area contributed by atoms with Gasteiger partial charge in [-0.15, -0.1) is 0 Å². The zero-order chi connectivity index (χ0) is 24.4. The van der Waals surface area contributed by atoms with E-state index in [9.17, 15) is 14.7 Å². The van der Waals surface area contributed by atoms with Crippen LogP contribution in [0.4, 0.5) is 5.69 Å². The lowest BCUT2D eigenvalue weighted by Gasteiger charge is -2.23. The number of furan rings is 1. The molecule has 1 N–H and O–H groups in total. The van der Waals surface area contributed by atoms with E-state index in [0.29, 0.717) is 28.5 Å². The average Bonchev–Trinajstić information content (AvgIpc) is 3.40. The van der Waals surface area contributed by atoms with Gasteiger partial charge in [0.05, 0.1) is 24.0 Å². The third-order valence-corrected chi connectivity index (χ3v) is 5.22. The summed E-state index contributed by atoms with van der Waals surface area (Å²) in [6, 6.07) is 16.1. The first kappa shape index (κ1) is 23.2. The molecule has 34 heavy (non-hydrogen) atoms. The Balaban J connectivity index is 1.80. The first-order chi connectivity index (χ1) is 16.3. The topological polar surface area (TPSA) is 89.2 Å². The van der Waals surface area contributed by atoms with E-state index in [-0.39, 0.29) is 23.5 Å². The molecule has 0 bridgehead atoms. The van der Waals surface area contributed by atoms with E-state index in [4.69, 9.17) is 13.9 Å². The van der Waals surface area contributed by atoms with Crippen LogP contribution in [0, 0.1) is 0 Å². The summed E-state index contributed by atoms with van der Waals surface area (Å²) in [4.78, 5) is 27.7. The van der Waals surface area contributed by atoms with Crippen LogP contribution in [0.2, 0.25) is 0 Å². The van der Waals surface area contributed by atoms with E-state index >= 15 is 0 Å². The monoisotopic (exact) mass is 461 g/mol. The van der Waals surface area contributed by atoms with Gasteiger partial charge in [0.15, 0.2) is 0 Å². The number of benzene rings is 2. The van der Waals surface area contributed by atoms with Crippen molar-refractivity contribution in [3.63, 3.8) is 0 Å². The molecule has 1 amide bonds. The van der Waals surface area contributed by atoms with Gasteiger partial charge in [-0.25, -0.2) is 0 Å². The largest absolute Gasteiger partial charge is 0.507 e. The van der Waals surface area contributed by atoms with Crippen LogP contribution in [0.5, 0.6) is 11.5 Å². The molecule has 4 rings (SSSR count). The molecule has 0 aliphatic carbocycles. The van der Waals surface area contributed by atoms with E-state index in [1.807, 2.05) is 27.7 Å². The summed E-state index contributed by atoms with van der Waals surface area (Å²) in [5, 5.41) is 11.2. The van der Waals surface area contributed by atoms with Gasteiger partial charge in [-0.2, -0.15) is 0 Å². The minimum atomic E-state index is -0.929. The molecule has 2 heterocycles. The van der Waals surface area contributed by atoms with Crippen molar-refractivity contribution in [1.82, 2.24) is 0 Å². The van der Waals surface area contributed by atoms with Gasteiger partial charge >= 0.3 is 0 Å². The first-order valence-corrected chi connectivity index (χ1v) is 11.1. The summed E-state index contributed by atoms with van der Waals surface area (Å²) >= 11 is 0. The highest BCUT2D eigenvalue weighted by atomic mass is 16.5. The van der Waals surface area contributed by atoms with Crippen molar-refractivity contribution in [3.05, 3.63) is 83.8 Å². The molecule has 3 aromatic rings. The number of carbonyl (C=O) groups excluding carboxylic acids is 2. The SMILES string of the molecule is CC(C)Oc1ccc(N2C(=O)C(=O)/C(=C(\O)c3cccc(OC(C)C)c3)C2c2ccco2)cc1. The molecular formula is C27H27NO6. The van der Waals surface area contributed by atoms with Gasteiger partial charge in [0, 0.05) is 11.3 Å². The highest BCUT2D eigenvalue weighted by molar-refractivity contribution is 6.51. The van der Waals surface area contributed by atoms with Gasteiger partial charge in [-0.3, -0.25) is 14.5 Å². The number of hydrogen-bond acceptors (Lipinski definition) is 6. The standard InChI is InChI=1S/C27H27NO6/c1-16(2)33-20-12-10-19(11-13-20)28-24(22-9-6-14-32-22)23(26(30)27(28)31)25(29)18-7-5-8-21(15-18)34-17(3)4/h5-17,24,29H,1-4H3/b25-23-. The molecule has 1 unspecified atom stereocenters. The molecule has 0 saturated carbocycles. The molecule has 0 radical (unpaired) electrons. The smallest absolute Gasteiger partial charge is 0.300 e. The molecule has 1 aliphatic rings. The molecule has 1 fully saturated rings. The predicted octanol–water partition coefficient (Wildman–Crippen LogP) is 5.48. The Bertz CT molecular complexity index is 1210. The summed E-state index contributed by atoms with van der Waals surface area (Å²) in [6.07, 6.45) is 1.40. The van der Waals surface area contributed by atoms with Gasteiger partial charge in [-0.05, 0) is 76.2 Å². The van der Waals surface area contributed by atoms with Crippen LogP contribution >= 0.6 is 0 Å². The number of aliphatic hydroxyl groups excluding tert-OH is 1. The van der Waals surface area contributed by atoms with E-state index in [2.05, 4.69) is 0 Å². The highest BCUT2D eigenvalue weighted by Gasteiger charge is 2.48. The van der Waals surface area contributed by atoms with Gasteiger partial charge in [0.25, 0.3) is 11.7 Å². The zero-order valence-corrected chi connectivity index (χ0v) is 19.5. The molecular weight excluding hydrogens is 434 g/mol. The Morgan fingerprint density at radius 2 is 1.59 bits per heavy atom. The van der Waals surface area contributed by atoms with Crippen LogP contribution in [-0.2, 0) is 9.59 Å². The van der Waals surface area contributed by atoms with Crippen LogP contribution in [0.15, 0.2) is 76.9 Å². The third kappa shape index (κ3) is 4.55. The fraction of sp³-hybridized carbons (Fsp3) is 0.259. The Morgan fingerprint density at radius 3 is 2.21 bits per heavy atom. The Labute approximate surface area is 198 Å². The number of rotatable bonds is 7. The van der Waals surface area contributed by atoms with Crippen molar-refractivity contribution in [1.29, 1.82) is 0 Å². The lowest BCUT2D eigenvalue weighted by atomic mass is 9.99. The van der Waals surface area contributed by atoms with E-state index in [1.165, 1.54) is 11.2 Å². The van der Waals surface area contributed by atoms with Crippen LogP contribution in [0.3, 0.4) is 0 Å². The van der Waals surface area contributed by atoms with Crippen molar-refractivity contribution in [2.75, 3.05) is 4.90 Å². The number of ether oxygens (including phenoxy) is 2. The maximum absolute atomic E-state index is 13.2. The number of ketones is 1. The minimum Gasteiger partial charge on any atom is -0.507 e. The summed E-state index contributed by atoms with van der Waals surface area (Å²) in [5.41, 5.74) is 0.799. The van der Waals surface area contributed by atoms with Gasteiger partial charge in [-0.1, -0.05) is 12.1 Å². The number of nitrogens with zero attached hydrogens (tertiary/aromatic N) is 1. The van der Waals surface area contributed by atoms with Crippen LogP contribution in [0.25, 0.3) is 5.76 Å². The average molecular weight is 462 g/mol. The summed E-state index contributed by atoms with van der Waals surface area (Å²) in [5.74, 6) is -0.295. The normalized spacial score (nSPS) is 17.6. The fourth-order valence-corrected chi connectivity index (χ4v) is 3.92. The second kappa shape index (κ2) is 9.47. The van der Waals surface area contributed by atoms with Crippen molar-refractivity contribution in [2.24, 2.45) is 0 Å². The summed E-state index contributed by atoms with van der Waals surface area (Å²) < 4.78 is 17.0. The number of amides is 1. The highest BCUT2D eigenvalue weighted by Crippen LogP contribution is 2.42. The third-order valence-electron chi connectivity index (χ3n) is 5.22. The maximum atomic E-state index is 13.2. The lowest BCUT2D eigenvalue weighted by molar-refractivity contribution is -0.132. The molecule has 7 heteroatoms. The molecule has 1 aromatic heterocycles. The Morgan fingerprint density at radius 1 is 0.912 bits per heavy atom. The summed E-state index contributed by atoms with van der Waals surface area (Å²) in [7, 11) is 0. The molecule has 0 spiro atoms. The second-order valence-electron chi connectivity index (χ2n) is 8.54. The van der Waals surface area contributed by atoms with Crippen LogP contribution in [0.1, 0.15) is 45.1 Å². The quantitative estimate of drug-likeness (QED) is 0.285. The Hall–Kier alpha value is -4.00. The molecule has 2 aromatic carbocycles. The molecule has 176 valence electrons. The van der Waals surface area contributed by atoms with Crippen LogP contribution < -0.4 is 14.4 Å². The fourth-order valence-electron chi connectivity index (χ4n) is 3.92. The molecule has 1 saturated heterocycles. The van der Waals surface area contributed by atoms with Crippen molar-refractivity contribution in [3.8, 4) is 11.5 Å². The molecule has 1 aliphatic heterocycles. The van der Waals surface area contributed by atoms with Gasteiger partial charge in [0.2, 0.25) is 0 Å². The van der Waals surface area contributed by atoms with E-state index in [0.717, 1.165) is 0 Å². The predicted molar refractivity (Wildman–Crippen MR) is 128 cm³/mol. The molecule has 7 nitrogen and oxygen atoms in total. The summed E-state index contributed by atoms with van der Waals surface area (Å²) in [6.45, 7) is 7.63. The van der Waals surface area contributed by atoms with E-state index in [1.54, 1.807) is 60.7 Å². The van der Waals surface area contributed by atoms with Crippen molar-refractivity contribution < 1.29 is 28.6 Å². The van der Waals surface area contributed by atoms with Gasteiger partial charge < -0.3 is 19.0 Å². The second-order valence-corrected chi connectivity index (χ2v) is 8.54. The number of hydrogen-bond donors (Lipinski definition) is 1. The number of Topliss-reactive ketones (excluding diaryl/α,β-unsaturated/α-hetero) is 1. The van der Waals surface area contributed by atoms with Crippen LogP contribution in [-0.4, -0.2) is 29.0 Å². The number of carbonyl (C=O) groups is 2. The lowest BCUT2D eigenvalue weighted by Crippen LogP contribution is -2.29. The van der Waals surface area contributed by atoms with Gasteiger partial charge in [0.1, 0.15) is 29.1 Å². The first-order valence-electron chi connectivity index (χ1n) is 11.1. The maximum Gasteiger partial charge on any atom is 0.300 e.